The third kappa shape index (κ3) is 9.75. The Morgan fingerprint density at radius 2 is 0.568 bits per heavy atom. The van der Waals surface area contributed by atoms with Gasteiger partial charge in [-0.3, -0.25) is 0 Å². The number of fused-ring (bicyclic) bond motifs is 6. The largest absolute Gasteiger partial charge is 0.311 e. The molecule has 95 heavy (non-hydrogen) atoms. The van der Waals surface area contributed by atoms with Crippen LogP contribution in [0.15, 0.2) is 322 Å². The van der Waals surface area contributed by atoms with E-state index in [1.807, 2.05) is 0 Å². The molecule has 15 aromatic rings. The summed E-state index contributed by atoms with van der Waals surface area (Å²) >= 11 is 0. The maximum Gasteiger partial charge on any atom is 0.252 e. The first kappa shape index (κ1) is 57.5. The molecular formula is C90H71BN4. The molecule has 0 saturated heterocycles. The molecule has 2 aliphatic heterocycles. The van der Waals surface area contributed by atoms with Gasteiger partial charge in [0.25, 0.3) is 6.71 Å². The highest BCUT2D eigenvalue weighted by atomic mass is 15.2. The molecule has 0 saturated carbocycles. The van der Waals surface area contributed by atoms with Crippen molar-refractivity contribution in [2.45, 2.75) is 52.4 Å². The number of hydrogen-bond donors (Lipinski definition) is 0. The van der Waals surface area contributed by atoms with E-state index in [1.54, 1.807) is 0 Å². The molecule has 5 heteroatoms. The zero-order valence-corrected chi connectivity index (χ0v) is 54.5. The molecule has 2 aliphatic rings. The van der Waals surface area contributed by atoms with Gasteiger partial charge in [0, 0.05) is 67.4 Å². The summed E-state index contributed by atoms with van der Waals surface area (Å²) in [4.78, 5) is 5.11. The summed E-state index contributed by atoms with van der Waals surface area (Å²) < 4.78 is 5.09. The Kier molecular flexibility index (Phi) is 13.8. The molecule has 4 nitrogen and oxygen atoms in total. The monoisotopic (exact) mass is 1220 g/mol. The molecule has 0 amide bonds. The summed E-state index contributed by atoms with van der Waals surface area (Å²) in [6.45, 7) is 13.8. The van der Waals surface area contributed by atoms with Crippen molar-refractivity contribution in [2.24, 2.45) is 0 Å². The average Bonchev–Trinajstić information content (AvgIpc) is 0.832. The van der Waals surface area contributed by atoms with Crippen molar-refractivity contribution >= 4 is 79.0 Å². The van der Waals surface area contributed by atoms with E-state index in [-0.39, 0.29) is 17.5 Å². The van der Waals surface area contributed by atoms with Crippen LogP contribution in [0.3, 0.4) is 0 Å². The zero-order chi connectivity index (χ0) is 64.1. The Labute approximate surface area is 558 Å². The highest BCUT2D eigenvalue weighted by molar-refractivity contribution is 7.00. The lowest BCUT2D eigenvalue weighted by atomic mass is 9.33. The fourth-order valence-electron chi connectivity index (χ4n) is 15.2. The van der Waals surface area contributed by atoms with E-state index in [1.165, 1.54) is 82.8 Å². The molecule has 454 valence electrons. The Bertz CT molecular complexity index is 5060. The van der Waals surface area contributed by atoms with Crippen molar-refractivity contribution in [1.82, 2.24) is 9.13 Å². The number of anilines is 6. The van der Waals surface area contributed by atoms with Gasteiger partial charge < -0.3 is 18.9 Å². The molecule has 2 aromatic heterocycles. The van der Waals surface area contributed by atoms with Crippen LogP contribution in [0.2, 0.25) is 0 Å². The molecule has 13 aromatic carbocycles. The summed E-state index contributed by atoms with van der Waals surface area (Å²) in [5.41, 5.74) is 31.7. The second-order valence-corrected chi connectivity index (χ2v) is 27.7. The molecule has 0 radical (unpaired) electrons. The highest BCUT2D eigenvalue weighted by Crippen LogP contribution is 2.50. The van der Waals surface area contributed by atoms with Gasteiger partial charge in [-0.25, -0.2) is 0 Å². The van der Waals surface area contributed by atoms with E-state index >= 15 is 0 Å². The predicted molar refractivity (Wildman–Crippen MR) is 404 cm³/mol. The topological polar surface area (TPSA) is 16.3 Å². The lowest BCUT2D eigenvalue weighted by Crippen LogP contribution is -2.61. The van der Waals surface area contributed by atoms with Gasteiger partial charge in [-0.2, -0.15) is 0 Å². The van der Waals surface area contributed by atoms with Crippen molar-refractivity contribution in [2.75, 3.05) is 9.80 Å². The molecule has 0 N–H and O–H groups in total. The number of rotatable bonds is 10. The Hall–Kier alpha value is -11.4. The van der Waals surface area contributed by atoms with Gasteiger partial charge in [0.15, 0.2) is 0 Å². The summed E-state index contributed by atoms with van der Waals surface area (Å²) in [5.74, 6) is 0. The van der Waals surface area contributed by atoms with Gasteiger partial charge in [0.1, 0.15) is 0 Å². The van der Waals surface area contributed by atoms with Crippen LogP contribution in [0.25, 0.3) is 100 Å². The fraction of sp³-hybridized carbons (Fsp3) is 0.0889. The van der Waals surface area contributed by atoms with Crippen LogP contribution in [-0.2, 0) is 10.8 Å². The number of aromatic nitrogens is 2. The molecule has 0 spiro atoms. The van der Waals surface area contributed by atoms with Gasteiger partial charge in [-0.05, 0) is 168 Å². The van der Waals surface area contributed by atoms with Crippen LogP contribution in [0.1, 0.15) is 52.7 Å². The minimum Gasteiger partial charge on any atom is -0.311 e. The molecule has 0 fully saturated rings. The molecule has 0 unspecified atom stereocenters. The van der Waals surface area contributed by atoms with E-state index in [0.29, 0.717) is 0 Å². The van der Waals surface area contributed by atoms with Gasteiger partial charge >= 0.3 is 0 Å². The minimum absolute atomic E-state index is 0.0643. The summed E-state index contributed by atoms with van der Waals surface area (Å²) in [6, 6.07) is 120. The first-order valence-corrected chi connectivity index (χ1v) is 33.4. The summed E-state index contributed by atoms with van der Waals surface area (Å²) in [6.07, 6.45) is 0. The van der Waals surface area contributed by atoms with Crippen molar-refractivity contribution in [3.63, 3.8) is 0 Å². The van der Waals surface area contributed by atoms with Gasteiger partial charge in [-0.1, -0.05) is 278 Å². The van der Waals surface area contributed by atoms with E-state index < -0.39 is 0 Å². The van der Waals surface area contributed by atoms with Crippen LogP contribution in [0.5, 0.6) is 0 Å². The lowest BCUT2D eigenvalue weighted by Gasteiger charge is -2.44. The quantitative estimate of drug-likeness (QED) is 0.127. The van der Waals surface area contributed by atoms with Gasteiger partial charge in [0.2, 0.25) is 0 Å². The predicted octanol–water partition coefficient (Wildman–Crippen LogP) is 22.3. The lowest BCUT2D eigenvalue weighted by molar-refractivity contribution is 0.591. The highest BCUT2D eigenvalue weighted by Gasteiger charge is 2.44. The summed E-state index contributed by atoms with van der Waals surface area (Å²) in [7, 11) is 0. The van der Waals surface area contributed by atoms with Crippen LogP contribution >= 0.6 is 0 Å². The number of benzene rings is 13. The van der Waals surface area contributed by atoms with Crippen molar-refractivity contribution in [3.05, 3.63) is 333 Å². The number of hydrogen-bond acceptors (Lipinski definition) is 2. The van der Waals surface area contributed by atoms with Crippen LogP contribution in [0, 0.1) is 0 Å². The van der Waals surface area contributed by atoms with E-state index in [4.69, 9.17) is 0 Å². The fourth-order valence-corrected chi connectivity index (χ4v) is 15.2. The molecule has 0 aliphatic carbocycles. The zero-order valence-electron chi connectivity index (χ0n) is 54.5. The SMILES string of the molecule is CC(C)(C)c1ccc2c(c1)c(-c1ccccc1)c(-c1ccccc1)n2-c1ccc2c(c1)N(c1ccc(-c3ccccc3)cc1)c1cccc3c1B2c1ccc(-n2c(-c4ccccc4)c(-c4ccccc4)c4cc(C(C)(C)C)ccc42)cc1N3c1ccc(-c2ccccc2)cc1. The standard InChI is InChI=1S/C90H71BN4/c1-89(2,3)68-44-54-78-74(56-68)84(64-30-17-9-18-31-64)87(66-34-21-11-22-35-66)94(78)72-50-52-76-82(58-72)92(70-46-40-62(41-47-70)60-26-13-7-14-27-60)80-38-25-39-81-86(80)91(76)77-53-51-73(59-83(77)93(81)71-48-42-63(43-49-71)61-28-15-8-16-29-61)95-79-55-45-69(90(4,5)6)57-75(79)85(65-32-19-10-20-33-65)88(95)67-36-23-12-24-37-67/h7-59H,1-6H3. The minimum atomic E-state index is -0.151. The average molecular weight is 1220 g/mol. The Morgan fingerprint density at radius 1 is 0.253 bits per heavy atom. The van der Waals surface area contributed by atoms with Gasteiger partial charge in [-0.15, -0.1) is 0 Å². The van der Waals surface area contributed by atoms with Crippen LogP contribution in [-0.4, -0.2) is 15.8 Å². The van der Waals surface area contributed by atoms with Gasteiger partial charge in [0.05, 0.1) is 22.4 Å². The molecular weight excluding hydrogens is 1150 g/mol. The smallest absolute Gasteiger partial charge is 0.252 e. The maximum atomic E-state index is 2.55. The van der Waals surface area contributed by atoms with Crippen LogP contribution < -0.4 is 26.2 Å². The maximum absolute atomic E-state index is 2.55. The van der Waals surface area contributed by atoms with Crippen molar-refractivity contribution in [1.29, 1.82) is 0 Å². The van der Waals surface area contributed by atoms with E-state index in [9.17, 15) is 0 Å². The third-order valence-electron chi connectivity index (χ3n) is 19.8. The van der Waals surface area contributed by atoms with E-state index in [2.05, 4.69) is 382 Å². The van der Waals surface area contributed by atoms with Crippen molar-refractivity contribution in [3.8, 4) is 78.4 Å². The molecule has 4 heterocycles. The third-order valence-corrected chi connectivity index (χ3v) is 19.8. The van der Waals surface area contributed by atoms with Crippen LogP contribution in [0.4, 0.5) is 34.1 Å². The first-order chi connectivity index (χ1) is 46.4. The van der Waals surface area contributed by atoms with E-state index in [0.717, 1.165) is 79.0 Å². The molecule has 0 atom stereocenters. The molecule has 17 rings (SSSR count). The normalized spacial score (nSPS) is 12.7. The molecule has 0 bridgehead atoms. The number of nitrogens with zero attached hydrogens (tertiary/aromatic N) is 4. The second-order valence-electron chi connectivity index (χ2n) is 27.7. The summed E-state index contributed by atoms with van der Waals surface area (Å²) in [5, 5.41) is 2.46. The Balaban J connectivity index is 0.945. The van der Waals surface area contributed by atoms with Crippen molar-refractivity contribution < 1.29 is 0 Å². The Morgan fingerprint density at radius 3 is 0.916 bits per heavy atom. The second kappa shape index (κ2) is 22.7. The first-order valence-electron chi connectivity index (χ1n) is 33.4.